The first-order valence-corrected chi connectivity index (χ1v) is 6.54. The fourth-order valence-electron chi connectivity index (χ4n) is 2.52. The van der Waals surface area contributed by atoms with Gasteiger partial charge in [0, 0.05) is 19.6 Å². The highest BCUT2D eigenvalue weighted by Crippen LogP contribution is 2.20. The first kappa shape index (κ1) is 15.4. The normalized spacial score (nSPS) is 24.7. The molecule has 5 heteroatoms. The van der Waals surface area contributed by atoms with Crippen LogP contribution < -0.4 is 5.32 Å². The van der Waals surface area contributed by atoms with Crippen molar-refractivity contribution < 1.29 is 14.6 Å². The highest BCUT2D eigenvalue weighted by atomic mass is 16.5. The van der Waals surface area contributed by atoms with Gasteiger partial charge >= 0.3 is 5.97 Å². The average Bonchev–Trinajstić information content (AvgIpc) is 2.63. The van der Waals surface area contributed by atoms with Crippen LogP contribution in [0.1, 0.15) is 26.7 Å². The predicted molar refractivity (Wildman–Crippen MR) is 70.7 cm³/mol. The van der Waals surface area contributed by atoms with E-state index in [1.54, 1.807) is 0 Å². The molecule has 0 saturated carbocycles. The van der Waals surface area contributed by atoms with Gasteiger partial charge in [-0.2, -0.15) is 0 Å². The van der Waals surface area contributed by atoms with Crippen molar-refractivity contribution in [1.29, 1.82) is 0 Å². The molecule has 0 aromatic rings. The molecule has 0 bridgehead atoms. The lowest BCUT2D eigenvalue weighted by Gasteiger charge is -2.29. The molecular formula is C13H26N2O3. The number of hydrogen-bond acceptors (Lipinski definition) is 4. The molecule has 0 spiro atoms. The van der Waals surface area contributed by atoms with Gasteiger partial charge in [0.1, 0.15) is 0 Å². The monoisotopic (exact) mass is 258 g/mol. The van der Waals surface area contributed by atoms with E-state index in [1.165, 1.54) is 0 Å². The van der Waals surface area contributed by atoms with E-state index in [0.29, 0.717) is 6.42 Å². The Balaban J connectivity index is 2.21. The molecule has 2 N–H and O–H groups in total. The quantitative estimate of drug-likeness (QED) is 0.707. The van der Waals surface area contributed by atoms with Crippen LogP contribution in [-0.4, -0.2) is 61.9 Å². The number of carboxylic acid groups (broad SMARTS) is 1. The zero-order chi connectivity index (χ0) is 13.8. The van der Waals surface area contributed by atoms with E-state index in [9.17, 15) is 4.79 Å². The number of aliphatic carboxylic acids is 1. The molecule has 1 heterocycles. The Bertz CT molecular complexity index is 279. The molecular weight excluding hydrogens is 232 g/mol. The van der Waals surface area contributed by atoms with Crippen molar-refractivity contribution in [3.8, 4) is 0 Å². The highest BCUT2D eigenvalue weighted by molar-refractivity contribution is 5.72. The molecule has 0 aromatic heterocycles. The first-order valence-electron chi connectivity index (χ1n) is 6.54. The number of hydrogen-bond donors (Lipinski definition) is 2. The van der Waals surface area contributed by atoms with E-state index in [2.05, 4.69) is 38.2 Å². The molecule has 2 unspecified atom stereocenters. The zero-order valence-corrected chi connectivity index (χ0v) is 11.9. The zero-order valence-electron chi connectivity index (χ0n) is 11.9. The Hall–Kier alpha value is -0.650. The fourth-order valence-corrected chi connectivity index (χ4v) is 2.52. The molecule has 5 nitrogen and oxygen atoms in total. The molecule has 106 valence electrons. The van der Waals surface area contributed by atoms with Crippen LogP contribution in [0.2, 0.25) is 0 Å². The topological polar surface area (TPSA) is 61.8 Å². The van der Waals surface area contributed by atoms with Gasteiger partial charge < -0.3 is 20.1 Å². The lowest BCUT2D eigenvalue weighted by Crippen LogP contribution is -2.40. The largest absolute Gasteiger partial charge is 0.479 e. The SMILES string of the molecule is CN(C)CC(C)(C)CNCC1CCC(C(=O)O)O1. The molecule has 0 aromatic carbocycles. The minimum absolute atomic E-state index is 0.0428. The van der Waals surface area contributed by atoms with Gasteiger partial charge in [-0.05, 0) is 32.4 Å². The summed E-state index contributed by atoms with van der Waals surface area (Å²) < 4.78 is 5.45. The van der Waals surface area contributed by atoms with E-state index < -0.39 is 12.1 Å². The van der Waals surface area contributed by atoms with Gasteiger partial charge in [0.15, 0.2) is 6.10 Å². The maximum atomic E-state index is 10.8. The smallest absolute Gasteiger partial charge is 0.332 e. The number of nitrogens with one attached hydrogen (secondary N) is 1. The molecule has 1 saturated heterocycles. The van der Waals surface area contributed by atoms with E-state index in [0.717, 1.165) is 26.1 Å². The number of carbonyl (C=O) groups is 1. The molecule has 1 fully saturated rings. The number of rotatable bonds is 7. The van der Waals surface area contributed by atoms with Crippen LogP contribution in [-0.2, 0) is 9.53 Å². The fraction of sp³-hybridized carbons (Fsp3) is 0.923. The van der Waals surface area contributed by atoms with Gasteiger partial charge in [0.25, 0.3) is 0 Å². The Labute approximate surface area is 109 Å². The standard InChI is InChI=1S/C13H26N2O3/c1-13(2,9-15(3)4)8-14-7-10-5-6-11(18-10)12(16)17/h10-11,14H,5-9H2,1-4H3,(H,16,17). The van der Waals surface area contributed by atoms with Crippen molar-refractivity contribution in [2.45, 2.75) is 38.9 Å². The lowest BCUT2D eigenvalue weighted by atomic mass is 9.93. The second-order valence-electron chi connectivity index (χ2n) is 6.20. The Kier molecular flexibility index (Phi) is 5.56. The third-order valence-electron chi connectivity index (χ3n) is 3.10. The van der Waals surface area contributed by atoms with Gasteiger partial charge in [-0.3, -0.25) is 0 Å². The summed E-state index contributed by atoms with van der Waals surface area (Å²) >= 11 is 0. The van der Waals surface area contributed by atoms with Crippen LogP contribution in [0.25, 0.3) is 0 Å². The summed E-state index contributed by atoms with van der Waals surface area (Å²) in [6.45, 7) is 7.10. The third-order valence-corrected chi connectivity index (χ3v) is 3.10. The van der Waals surface area contributed by atoms with Crippen molar-refractivity contribution >= 4 is 5.97 Å². The van der Waals surface area contributed by atoms with Crippen LogP contribution in [0.4, 0.5) is 0 Å². The molecule has 0 amide bonds. The van der Waals surface area contributed by atoms with Crippen molar-refractivity contribution in [2.24, 2.45) is 5.41 Å². The highest BCUT2D eigenvalue weighted by Gasteiger charge is 2.30. The summed E-state index contributed by atoms with van der Waals surface area (Å²) in [5.41, 5.74) is 0.203. The summed E-state index contributed by atoms with van der Waals surface area (Å²) in [7, 11) is 4.14. The van der Waals surface area contributed by atoms with Gasteiger partial charge in [-0.25, -0.2) is 4.79 Å². The average molecular weight is 258 g/mol. The van der Waals surface area contributed by atoms with E-state index in [4.69, 9.17) is 9.84 Å². The third kappa shape index (κ3) is 5.33. The minimum atomic E-state index is -0.842. The molecule has 1 rings (SSSR count). The van der Waals surface area contributed by atoms with Gasteiger partial charge in [0.05, 0.1) is 6.10 Å². The second-order valence-corrected chi connectivity index (χ2v) is 6.20. The minimum Gasteiger partial charge on any atom is -0.479 e. The second kappa shape index (κ2) is 6.50. The van der Waals surface area contributed by atoms with Crippen LogP contribution >= 0.6 is 0 Å². The number of carboxylic acids is 1. The van der Waals surface area contributed by atoms with E-state index in [1.807, 2.05) is 0 Å². The summed E-state index contributed by atoms with van der Waals surface area (Å²) in [5.74, 6) is -0.842. The summed E-state index contributed by atoms with van der Waals surface area (Å²) in [4.78, 5) is 12.9. The number of nitrogens with zero attached hydrogens (tertiary/aromatic N) is 1. The summed E-state index contributed by atoms with van der Waals surface area (Å²) in [5, 5.41) is 12.2. The van der Waals surface area contributed by atoms with Crippen LogP contribution in [0.3, 0.4) is 0 Å². The Morgan fingerprint density at radius 1 is 1.44 bits per heavy atom. The maximum absolute atomic E-state index is 10.8. The Morgan fingerprint density at radius 2 is 2.11 bits per heavy atom. The predicted octanol–water partition coefficient (Wildman–Crippen LogP) is 0.796. The first-order chi connectivity index (χ1) is 8.30. The molecule has 2 atom stereocenters. The van der Waals surface area contributed by atoms with E-state index in [-0.39, 0.29) is 11.5 Å². The summed E-state index contributed by atoms with van der Waals surface area (Å²) in [6.07, 6.45) is 0.897. The molecule has 0 radical (unpaired) electrons. The van der Waals surface area contributed by atoms with E-state index >= 15 is 0 Å². The van der Waals surface area contributed by atoms with Crippen molar-refractivity contribution in [3.63, 3.8) is 0 Å². The van der Waals surface area contributed by atoms with Crippen molar-refractivity contribution in [1.82, 2.24) is 10.2 Å². The van der Waals surface area contributed by atoms with Crippen LogP contribution in [0.15, 0.2) is 0 Å². The molecule has 1 aliphatic heterocycles. The lowest BCUT2D eigenvalue weighted by molar-refractivity contribution is -0.149. The van der Waals surface area contributed by atoms with Crippen LogP contribution in [0, 0.1) is 5.41 Å². The van der Waals surface area contributed by atoms with Gasteiger partial charge in [-0.1, -0.05) is 13.8 Å². The number of ether oxygens (including phenoxy) is 1. The van der Waals surface area contributed by atoms with Gasteiger partial charge in [-0.15, -0.1) is 0 Å². The van der Waals surface area contributed by atoms with Crippen molar-refractivity contribution in [3.05, 3.63) is 0 Å². The summed E-state index contributed by atoms with van der Waals surface area (Å²) in [6, 6.07) is 0. The molecule has 1 aliphatic rings. The Morgan fingerprint density at radius 3 is 2.61 bits per heavy atom. The van der Waals surface area contributed by atoms with Gasteiger partial charge in [0.2, 0.25) is 0 Å². The maximum Gasteiger partial charge on any atom is 0.332 e. The molecule has 18 heavy (non-hydrogen) atoms. The van der Waals surface area contributed by atoms with Crippen molar-refractivity contribution in [2.75, 3.05) is 33.7 Å². The molecule has 0 aliphatic carbocycles. The van der Waals surface area contributed by atoms with Crippen LogP contribution in [0.5, 0.6) is 0 Å².